The van der Waals surface area contributed by atoms with Gasteiger partial charge in [-0.25, -0.2) is 12.7 Å². The minimum Gasteiger partial charge on any atom is -0.352 e. The van der Waals surface area contributed by atoms with Gasteiger partial charge in [-0.05, 0) is 43.5 Å². The van der Waals surface area contributed by atoms with Crippen LogP contribution >= 0.6 is 11.6 Å². The maximum Gasteiger partial charge on any atom is 0.269 e. The van der Waals surface area contributed by atoms with Gasteiger partial charge in [-0.15, -0.1) is 0 Å². The van der Waals surface area contributed by atoms with Crippen molar-refractivity contribution in [2.24, 2.45) is 0 Å². The van der Waals surface area contributed by atoms with E-state index in [1.807, 2.05) is 0 Å². The highest BCUT2D eigenvalue weighted by atomic mass is 35.5. The third kappa shape index (κ3) is 5.21. The number of hydrogen-bond acceptors (Lipinski definition) is 5. The lowest BCUT2D eigenvalue weighted by atomic mass is 9.95. The lowest BCUT2D eigenvalue weighted by molar-refractivity contribution is -0.140. The predicted octanol–water partition coefficient (Wildman–Crippen LogP) is 3.35. The zero-order valence-electron chi connectivity index (χ0n) is 19.4. The molecule has 186 valence electrons. The molecule has 1 atom stereocenters. The predicted molar refractivity (Wildman–Crippen MR) is 131 cm³/mol. The van der Waals surface area contributed by atoms with E-state index < -0.39 is 34.4 Å². The molecule has 1 fully saturated rings. The van der Waals surface area contributed by atoms with Crippen molar-refractivity contribution in [1.29, 1.82) is 0 Å². The van der Waals surface area contributed by atoms with Crippen molar-refractivity contribution in [2.45, 2.75) is 62.6 Å². The molecule has 1 aliphatic heterocycles. The fraction of sp³-hybridized carbons (Fsp3) is 0.400. The van der Waals surface area contributed by atoms with Gasteiger partial charge in [0.25, 0.3) is 15.9 Å². The smallest absolute Gasteiger partial charge is 0.269 e. The summed E-state index contributed by atoms with van der Waals surface area (Å²) >= 11 is 6.31. The largest absolute Gasteiger partial charge is 0.352 e. The van der Waals surface area contributed by atoms with Gasteiger partial charge in [-0.1, -0.05) is 61.2 Å². The van der Waals surface area contributed by atoms with Crippen molar-refractivity contribution in [3.8, 4) is 0 Å². The monoisotopic (exact) mass is 517 g/mol. The molecule has 0 radical (unpaired) electrons. The SMILES string of the molecule is C[C@H](C(=O)NC1CCCCC1)N(Cc1ccccc1Cl)C(=O)CN1C(=O)c2ccccc2S1(=O)=O. The fourth-order valence-electron chi connectivity index (χ4n) is 4.56. The molecule has 8 nitrogen and oxygen atoms in total. The van der Waals surface area contributed by atoms with Crippen molar-refractivity contribution in [1.82, 2.24) is 14.5 Å². The number of amides is 3. The van der Waals surface area contributed by atoms with Gasteiger partial charge in [0.1, 0.15) is 17.5 Å². The fourth-order valence-corrected chi connectivity index (χ4v) is 6.28. The van der Waals surface area contributed by atoms with E-state index in [4.69, 9.17) is 11.6 Å². The number of sulfonamides is 1. The average Bonchev–Trinajstić information content (AvgIpc) is 3.04. The molecule has 2 aromatic rings. The van der Waals surface area contributed by atoms with Crippen molar-refractivity contribution in [2.75, 3.05) is 6.54 Å². The van der Waals surface area contributed by atoms with Crippen molar-refractivity contribution >= 4 is 39.3 Å². The van der Waals surface area contributed by atoms with E-state index in [9.17, 15) is 22.8 Å². The highest BCUT2D eigenvalue weighted by Gasteiger charge is 2.43. The number of rotatable bonds is 7. The molecular weight excluding hydrogens is 490 g/mol. The number of carbonyl (C=O) groups excluding carboxylic acids is 3. The Morgan fingerprint density at radius 3 is 2.43 bits per heavy atom. The molecule has 0 unspecified atom stereocenters. The number of nitrogens with one attached hydrogen (secondary N) is 1. The normalized spacial score (nSPS) is 18.1. The van der Waals surface area contributed by atoms with E-state index in [0.29, 0.717) is 14.9 Å². The Balaban J connectivity index is 1.58. The summed E-state index contributed by atoms with van der Waals surface area (Å²) in [5.41, 5.74) is 0.639. The molecule has 10 heteroatoms. The molecule has 0 bridgehead atoms. The van der Waals surface area contributed by atoms with Crippen LogP contribution in [0.2, 0.25) is 5.02 Å². The van der Waals surface area contributed by atoms with Crippen LogP contribution in [-0.4, -0.2) is 54.0 Å². The van der Waals surface area contributed by atoms with Crippen LogP contribution in [0.15, 0.2) is 53.4 Å². The van der Waals surface area contributed by atoms with Gasteiger partial charge in [0.2, 0.25) is 11.8 Å². The Kier molecular flexibility index (Phi) is 7.47. The van der Waals surface area contributed by atoms with Crippen LogP contribution in [-0.2, 0) is 26.2 Å². The summed E-state index contributed by atoms with van der Waals surface area (Å²) in [4.78, 5) is 40.6. The molecule has 2 aromatic carbocycles. The third-order valence-corrected chi connectivity index (χ3v) is 8.76. The lowest BCUT2D eigenvalue weighted by Gasteiger charge is -2.32. The topological polar surface area (TPSA) is 104 Å². The molecule has 0 aromatic heterocycles. The van der Waals surface area contributed by atoms with Crippen LogP contribution in [0, 0.1) is 0 Å². The van der Waals surface area contributed by atoms with E-state index in [1.54, 1.807) is 37.3 Å². The Labute approximate surface area is 210 Å². The number of hydrogen-bond donors (Lipinski definition) is 1. The summed E-state index contributed by atoms with van der Waals surface area (Å²) in [6.45, 7) is 0.885. The van der Waals surface area contributed by atoms with E-state index in [1.165, 1.54) is 23.1 Å². The second kappa shape index (κ2) is 10.4. The molecule has 0 spiro atoms. The first-order chi connectivity index (χ1) is 16.7. The second-order valence-corrected chi connectivity index (χ2v) is 11.2. The second-order valence-electron chi connectivity index (χ2n) is 8.95. The van der Waals surface area contributed by atoms with Gasteiger partial charge < -0.3 is 10.2 Å². The quantitative estimate of drug-likeness (QED) is 0.606. The highest BCUT2D eigenvalue weighted by Crippen LogP contribution is 2.30. The first-order valence-electron chi connectivity index (χ1n) is 11.7. The molecule has 1 heterocycles. The number of nitrogens with zero attached hydrogens (tertiary/aromatic N) is 2. The summed E-state index contributed by atoms with van der Waals surface area (Å²) < 4.78 is 26.5. The summed E-state index contributed by atoms with van der Waals surface area (Å²) in [5.74, 6) is -1.75. The van der Waals surface area contributed by atoms with Crippen LogP contribution in [0.3, 0.4) is 0 Å². The average molecular weight is 518 g/mol. The Morgan fingerprint density at radius 1 is 1.09 bits per heavy atom. The van der Waals surface area contributed by atoms with Crippen LogP contribution in [0.1, 0.15) is 54.9 Å². The Bertz CT molecular complexity index is 1240. The minimum absolute atomic E-state index is 0.00716. The Hall–Kier alpha value is -2.91. The molecule has 3 amide bonds. The van der Waals surface area contributed by atoms with Gasteiger partial charge in [0.05, 0.1) is 5.56 Å². The van der Waals surface area contributed by atoms with Crippen LogP contribution in [0.5, 0.6) is 0 Å². The molecule has 4 rings (SSSR count). The first kappa shape index (κ1) is 25.2. The summed E-state index contributed by atoms with van der Waals surface area (Å²) in [7, 11) is -4.16. The molecule has 1 saturated carbocycles. The summed E-state index contributed by atoms with van der Waals surface area (Å²) in [6, 6.07) is 11.9. The van der Waals surface area contributed by atoms with Crippen LogP contribution < -0.4 is 5.32 Å². The minimum atomic E-state index is -4.16. The molecule has 1 N–H and O–H groups in total. The van der Waals surface area contributed by atoms with E-state index >= 15 is 0 Å². The maximum absolute atomic E-state index is 13.5. The molecule has 1 aliphatic carbocycles. The number of fused-ring (bicyclic) bond motifs is 1. The van der Waals surface area contributed by atoms with Crippen molar-refractivity contribution in [3.05, 3.63) is 64.7 Å². The maximum atomic E-state index is 13.5. The number of halogens is 1. The summed E-state index contributed by atoms with van der Waals surface area (Å²) in [6.07, 6.45) is 4.99. The van der Waals surface area contributed by atoms with Crippen LogP contribution in [0.4, 0.5) is 0 Å². The molecular formula is C25H28ClN3O5S. The van der Waals surface area contributed by atoms with E-state index in [0.717, 1.165) is 32.1 Å². The molecule has 35 heavy (non-hydrogen) atoms. The first-order valence-corrected chi connectivity index (χ1v) is 13.5. The van der Waals surface area contributed by atoms with Gasteiger partial charge in [-0.2, -0.15) is 0 Å². The lowest BCUT2D eigenvalue weighted by Crippen LogP contribution is -2.52. The van der Waals surface area contributed by atoms with Crippen molar-refractivity contribution in [3.63, 3.8) is 0 Å². The standard InChI is InChI=1S/C25H28ClN3O5S/c1-17(24(31)27-19-10-3-2-4-11-19)28(15-18-9-5-7-13-21(18)26)23(30)16-29-25(32)20-12-6-8-14-22(20)35(29,33)34/h5-9,12-14,17,19H,2-4,10-11,15-16H2,1H3,(H,27,31)/t17-/m1/s1. The van der Waals surface area contributed by atoms with E-state index in [2.05, 4.69) is 5.32 Å². The summed E-state index contributed by atoms with van der Waals surface area (Å²) in [5, 5.41) is 3.44. The zero-order chi connectivity index (χ0) is 25.2. The van der Waals surface area contributed by atoms with Gasteiger partial charge in [0, 0.05) is 17.6 Å². The van der Waals surface area contributed by atoms with Crippen molar-refractivity contribution < 1.29 is 22.8 Å². The zero-order valence-corrected chi connectivity index (χ0v) is 21.0. The third-order valence-electron chi connectivity index (χ3n) is 6.61. The van der Waals surface area contributed by atoms with Crippen LogP contribution in [0.25, 0.3) is 0 Å². The van der Waals surface area contributed by atoms with Gasteiger partial charge in [0.15, 0.2) is 0 Å². The molecule has 2 aliphatic rings. The van der Waals surface area contributed by atoms with E-state index in [-0.39, 0.29) is 29.0 Å². The van der Waals surface area contributed by atoms with Gasteiger partial charge >= 0.3 is 0 Å². The highest BCUT2D eigenvalue weighted by molar-refractivity contribution is 7.90. The number of benzene rings is 2. The van der Waals surface area contributed by atoms with Gasteiger partial charge in [-0.3, -0.25) is 14.4 Å². The Morgan fingerprint density at radius 2 is 1.74 bits per heavy atom. The number of carbonyl (C=O) groups is 3. The molecule has 0 saturated heterocycles.